The first-order valence-electron chi connectivity index (χ1n) is 10.8. The number of aliphatic hydroxyl groups excluding tert-OH is 1. The minimum Gasteiger partial charge on any atom is -0.391 e. The van der Waals surface area contributed by atoms with Crippen LogP contribution in [0.2, 0.25) is 0 Å². The highest BCUT2D eigenvalue weighted by atomic mass is 16.3. The topological polar surface area (TPSA) is 62.8 Å². The minimum atomic E-state index is -0.244. The Hall–Kier alpha value is -2.83. The van der Waals surface area contributed by atoms with Gasteiger partial charge in [0.15, 0.2) is 0 Å². The number of benzene rings is 2. The van der Waals surface area contributed by atoms with Crippen LogP contribution in [-0.2, 0) is 6.54 Å². The summed E-state index contributed by atoms with van der Waals surface area (Å²) in [5.41, 5.74) is 4.21. The third-order valence-corrected chi connectivity index (χ3v) is 6.28. The van der Waals surface area contributed by atoms with Crippen molar-refractivity contribution in [3.05, 3.63) is 65.9 Å². The van der Waals surface area contributed by atoms with E-state index in [0.29, 0.717) is 6.54 Å². The van der Waals surface area contributed by atoms with Crippen LogP contribution in [0.1, 0.15) is 22.5 Å². The number of carbonyl (C=O) groups is 1. The van der Waals surface area contributed by atoms with E-state index in [-0.39, 0.29) is 12.0 Å². The quantitative estimate of drug-likeness (QED) is 0.702. The van der Waals surface area contributed by atoms with E-state index in [1.165, 1.54) is 16.6 Å². The van der Waals surface area contributed by atoms with Crippen molar-refractivity contribution in [2.75, 3.05) is 44.2 Å². The Morgan fingerprint density at radius 2 is 1.77 bits per heavy atom. The first-order valence-corrected chi connectivity index (χ1v) is 10.8. The van der Waals surface area contributed by atoms with Gasteiger partial charge in [-0.05, 0) is 48.2 Å². The number of β-amino-alcohol motifs (C(OH)–C–C–N with tert-alkyl or cyclic N) is 1. The standard InChI is InChI=1S/C24H28N4O2/c29-22-9-10-28(17-22)21-7-5-18(6-8-21)24(30)27-13-11-26(12-14-27)16-20-15-19-3-1-2-4-23(19)25-20/h1-8,15,22,25,29H,9-14,16-17H2. The zero-order chi connectivity index (χ0) is 20.5. The number of fused-ring (bicyclic) bond motifs is 1. The molecule has 6 heteroatoms. The van der Waals surface area contributed by atoms with Gasteiger partial charge in [-0.3, -0.25) is 9.69 Å². The molecule has 30 heavy (non-hydrogen) atoms. The van der Waals surface area contributed by atoms with Crippen LogP contribution in [0, 0.1) is 0 Å². The number of amides is 1. The van der Waals surface area contributed by atoms with Gasteiger partial charge in [0.2, 0.25) is 0 Å². The summed E-state index contributed by atoms with van der Waals surface area (Å²) in [4.78, 5) is 22.9. The summed E-state index contributed by atoms with van der Waals surface area (Å²) in [5, 5.41) is 11.0. The van der Waals surface area contributed by atoms with E-state index >= 15 is 0 Å². The molecule has 2 saturated heterocycles. The molecular weight excluding hydrogens is 376 g/mol. The second-order valence-corrected chi connectivity index (χ2v) is 8.39. The molecule has 3 heterocycles. The number of anilines is 1. The Morgan fingerprint density at radius 1 is 1.00 bits per heavy atom. The molecule has 1 amide bonds. The molecule has 5 rings (SSSR count). The molecule has 3 aromatic rings. The molecular formula is C24H28N4O2. The van der Waals surface area contributed by atoms with E-state index in [1.54, 1.807) is 0 Å². The Bertz CT molecular complexity index is 988. The summed E-state index contributed by atoms with van der Waals surface area (Å²) in [7, 11) is 0. The number of aromatic amines is 1. The molecule has 6 nitrogen and oxygen atoms in total. The number of nitrogens with one attached hydrogen (secondary N) is 1. The number of aliphatic hydroxyl groups is 1. The molecule has 0 bridgehead atoms. The van der Waals surface area contributed by atoms with Crippen LogP contribution >= 0.6 is 0 Å². The number of rotatable bonds is 4. The predicted octanol–water partition coefficient (Wildman–Crippen LogP) is 2.70. The lowest BCUT2D eigenvalue weighted by atomic mass is 10.1. The molecule has 2 fully saturated rings. The van der Waals surface area contributed by atoms with Crippen molar-refractivity contribution in [2.24, 2.45) is 0 Å². The van der Waals surface area contributed by atoms with Crippen LogP contribution in [-0.4, -0.2) is 71.2 Å². The van der Waals surface area contributed by atoms with Gasteiger partial charge in [-0.1, -0.05) is 18.2 Å². The smallest absolute Gasteiger partial charge is 0.253 e. The Labute approximate surface area is 176 Å². The number of H-pyrrole nitrogens is 1. The maximum Gasteiger partial charge on any atom is 0.253 e. The largest absolute Gasteiger partial charge is 0.391 e. The molecule has 0 aliphatic carbocycles. The zero-order valence-electron chi connectivity index (χ0n) is 17.1. The highest BCUT2D eigenvalue weighted by molar-refractivity contribution is 5.94. The molecule has 1 unspecified atom stereocenters. The molecule has 2 aliphatic heterocycles. The van der Waals surface area contributed by atoms with Gasteiger partial charge in [-0.25, -0.2) is 0 Å². The van der Waals surface area contributed by atoms with Crippen molar-refractivity contribution >= 4 is 22.5 Å². The molecule has 2 N–H and O–H groups in total. The number of nitrogens with zero attached hydrogens (tertiary/aromatic N) is 3. The van der Waals surface area contributed by atoms with E-state index in [4.69, 9.17) is 0 Å². The molecule has 2 aromatic carbocycles. The third-order valence-electron chi connectivity index (χ3n) is 6.28. The summed E-state index contributed by atoms with van der Waals surface area (Å²) >= 11 is 0. The third kappa shape index (κ3) is 3.93. The second-order valence-electron chi connectivity index (χ2n) is 8.39. The summed E-state index contributed by atoms with van der Waals surface area (Å²) in [6, 6.07) is 18.4. The fraction of sp³-hybridized carbons (Fsp3) is 0.375. The lowest BCUT2D eigenvalue weighted by Gasteiger charge is -2.34. The summed E-state index contributed by atoms with van der Waals surface area (Å²) in [6.07, 6.45) is 0.565. The SMILES string of the molecule is O=C(c1ccc(N2CCC(O)C2)cc1)N1CCN(Cc2cc3ccccc3[nH]2)CC1. The average molecular weight is 405 g/mol. The van der Waals surface area contributed by atoms with Gasteiger partial charge < -0.3 is 19.9 Å². The van der Waals surface area contributed by atoms with Crippen molar-refractivity contribution in [1.82, 2.24) is 14.8 Å². The Balaban J connectivity index is 1.16. The average Bonchev–Trinajstić information content (AvgIpc) is 3.39. The van der Waals surface area contributed by atoms with Crippen molar-refractivity contribution in [3.63, 3.8) is 0 Å². The highest BCUT2D eigenvalue weighted by Gasteiger charge is 2.24. The van der Waals surface area contributed by atoms with Crippen LogP contribution in [0.4, 0.5) is 5.69 Å². The van der Waals surface area contributed by atoms with Gasteiger partial charge in [-0.15, -0.1) is 0 Å². The number of para-hydroxylation sites is 1. The van der Waals surface area contributed by atoms with Crippen LogP contribution in [0.3, 0.4) is 0 Å². The van der Waals surface area contributed by atoms with Crippen LogP contribution in [0.25, 0.3) is 10.9 Å². The minimum absolute atomic E-state index is 0.105. The first kappa shape index (κ1) is 19.2. The molecule has 1 aromatic heterocycles. The molecule has 2 aliphatic rings. The summed E-state index contributed by atoms with van der Waals surface area (Å²) in [6.45, 7) is 5.68. The predicted molar refractivity (Wildman–Crippen MR) is 119 cm³/mol. The Morgan fingerprint density at radius 3 is 2.47 bits per heavy atom. The lowest BCUT2D eigenvalue weighted by Crippen LogP contribution is -2.48. The van der Waals surface area contributed by atoms with Gasteiger partial charge in [0, 0.05) is 68.3 Å². The van der Waals surface area contributed by atoms with Gasteiger partial charge in [0.05, 0.1) is 6.10 Å². The monoisotopic (exact) mass is 404 g/mol. The first-order chi connectivity index (χ1) is 14.7. The molecule has 1 atom stereocenters. The molecule has 0 radical (unpaired) electrons. The zero-order valence-corrected chi connectivity index (χ0v) is 17.1. The van der Waals surface area contributed by atoms with Gasteiger partial charge in [-0.2, -0.15) is 0 Å². The maximum absolute atomic E-state index is 12.9. The fourth-order valence-electron chi connectivity index (χ4n) is 4.54. The normalized spacial score (nSPS) is 20.2. The van der Waals surface area contributed by atoms with E-state index in [2.05, 4.69) is 39.0 Å². The van der Waals surface area contributed by atoms with E-state index in [1.807, 2.05) is 35.2 Å². The van der Waals surface area contributed by atoms with Crippen LogP contribution in [0.15, 0.2) is 54.6 Å². The fourth-order valence-corrected chi connectivity index (χ4v) is 4.54. The Kier molecular flexibility index (Phi) is 5.19. The maximum atomic E-state index is 12.9. The molecule has 0 saturated carbocycles. The number of carbonyl (C=O) groups excluding carboxylic acids is 1. The van der Waals surface area contributed by atoms with Gasteiger partial charge >= 0.3 is 0 Å². The van der Waals surface area contributed by atoms with Crippen molar-refractivity contribution in [3.8, 4) is 0 Å². The summed E-state index contributed by atoms with van der Waals surface area (Å²) < 4.78 is 0. The number of hydrogen-bond acceptors (Lipinski definition) is 4. The van der Waals surface area contributed by atoms with E-state index in [9.17, 15) is 9.90 Å². The van der Waals surface area contributed by atoms with Crippen molar-refractivity contribution < 1.29 is 9.90 Å². The van der Waals surface area contributed by atoms with Crippen molar-refractivity contribution in [2.45, 2.75) is 19.1 Å². The second kappa shape index (κ2) is 8.13. The van der Waals surface area contributed by atoms with Crippen LogP contribution < -0.4 is 4.90 Å². The molecule has 156 valence electrons. The van der Waals surface area contributed by atoms with Crippen molar-refractivity contribution in [1.29, 1.82) is 0 Å². The number of hydrogen-bond donors (Lipinski definition) is 2. The lowest BCUT2D eigenvalue weighted by molar-refractivity contribution is 0.0627. The van der Waals surface area contributed by atoms with Gasteiger partial charge in [0.25, 0.3) is 5.91 Å². The van der Waals surface area contributed by atoms with Gasteiger partial charge in [0.1, 0.15) is 0 Å². The summed E-state index contributed by atoms with van der Waals surface area (Å²) in [5.74, 6) is 0.105. The highest BCUT2D eigenvalue weighted by Crippen LogP contribution is 2.22. The van der Waals surface area contributed by atoms with Crippen LogP contribution in [0.5, 0.6) is 0 Å². The number of aromatic nitrogens is 1. The van der Waals surface area contributed by atoms with E-state index < -0.39 is 0 Å². The molecule has 0 spiro atoms. The number of piperazine rings is 1. The van der Waals surface area contributed by atoms with E-state index in [0.717, 1.165) is 56.9 Å².